The van der Waals surface area contributed by atoms with E-state index in [9.17, 15) is 9.59 Å². The zero-order chi connectivity index (χ0) is 20.5. The molecule has 7 nitrogen and oxygen atoms in total. The van der Waals surface area contributed by atoms with Gasteiger partial charge in [-0.25, -0.2) is 0 Å². The summed E-state index contributed by atoms with van der Waals surface area (Å²) >= 11 is 0. The van der Waals surface area contributed by atoms with Gasteiger partial charge in [0.2, 0.25) is 11.8 Å². The van der Waals surface area contributed by atoms with Crippen LogP contribution in [0.2, 0.25) is 0 Å². The molecule has 1 N–H and O–H groups in total. The van der Waals surface area contributed by atoms with Gasteiger partial charge in [0, 0.05) is 19.5 Å². The van der Waals surface area contributed by atoms with Crippen LogP contribution in [0, 0.1) is 0 Å². The van der Waals surface area contributed by atoms with Crippen LogP contribution in [0.1, 0.15) is 12.5 Å². The van der Waals surface area contributed by atoms with E-state index in [1.807, 2.05) is 24.3 Å². The van der Waals surface area contributed by atoms with Gasteiger partial charge >= 0.3 is 0 Å². The van der Waals surface area contributed by atoms with Gasteiger partial charge in [-0.15, -0.1) is 0 Å². The summed E-state index contributed by atoms with van der Waals surface area (Å²) in [5.74, 6) is 1.33. The molecule has 0 aliphatic heterocycles. The van der Waals surface area contributed by atoms with Crippen LogP contribution in [-0.2, 0) is 16.0 Å². The second-order valence-electron chi connectivity index (χ2n) is 6.09. The van der Waals surface area contributed by atoms with Crippen molar-refractivity contribution >= 4 is 17.5 Å². The largest absolute Gasteiger partial charge is 0.497 e. The number of nitrogens with zero attached hydrogens (tertiary/aromatic N) is 1. The summed E-state index contributed by atoms with van der Waals surface area (Å²) in [5, 5.41) is 2.84. The molecule has 0 aliphatic carbocycles. The molecule has 0 radical (unpaired) electrons. The first-order chi connectivity index (χ1) is 13.5. The fourth-order valence-electron chi connectivity index (χ4n) is 2.75. The molecule has 2 aromatic carbocycles. The van der Waals surface area contributed by atoms with Gasteiger partial charge in [0.25, 0.3) is 0 Å². The molecule has 7 heteroatoms. The Hall–Kier alpha value is -3.22. The van der Waals surface area contributed by atoms with Crippen molar-refractivity contribution in [1.29, 1.82) is 0 Å². The minimum atomic E-state index is -0.258. The van der Waals surface area contributed by atoms with Gasteiger partial charge in [0.15, 0.2) is 0 Å². The molecule has 150 valence electrons. The smallest absolute Gasteiger partial charge is 0.240 e. The van der Waals surface area contributed by atoms with Gasteiger partial charge in [-0.3, -0.25) is 14.5 Å². The van der Waals surface area contributed by atoms with Crippen molar-refractivity contribution in [1.82, 2.24) is 5.32 Å². The molecule has 0 fully saturated rings. The van der Waals surface area contributed by atoms with E-state index in [0.29, 0.717) is 30.2 Å². The number of hydrogen-bond donors (Lipinski definition) is 1. The fourth-order valence-corrected chi connectivity index (χ4v) is 2.75. The highest BCUT2D eigenvalue weighted by Crippen LogP contribution is 2.32. The van der Waals surface area contributed by atoms with Gasteiger partial charge in [-0.05, 0) is 36.2 Å². The first-order valence-electron chi connectivity index (χ1n) is 8.88. The van der Waals surface area contributed by atoms with Crippen LogP contribution in [0.4, 0.5) is 5.69 Å². The van der Waals surface area contributed by atoms with E-state index in [4.69, 9.17) is 14.2 Å². The molecule has 2 rings (SSSR count). The fraction of sp³-hybridized carbons (Fsp3) is 0.333. The maximum atomic E-state index is 12.4. The van der Waals surface area contributed by atoms with Crippen molar-refractivity contribution in [3.8, 4) is 17.2 Å². The maximum absolute atomic E-state index is 12.4. The predicted octanol–water partition coefficient (Wildman–Crippen LogP) is 2.42. The lowest BCUT2D eigenvalue weighted by molar-refractivity contribution is -0.123. The summed E-state index contributed by atoms with van der Waals surface area (Å²) in [4.78, 5) is 25.9. The lowest BCUT2D eigenvalue weighted by Gasteiger charge is -2.23. The number of hydrogen-bond acceptors (Lipinski definition) is 5. The van der Waals surface area contributed by atoms with Crippen LogP contribution >= 0.6 is 0 Å². The second-order valence-corrected chi connectivity index (χ2v) is 6.09. The molecule has 0 saturated heterocycles. The van der Waals surface area contributed by atoms with Crippen molar-refractivity contribution in [2.45, 2.75) is 13.3 Å². The molecule has 2 aromatic rings. The Morgan fingerprint density at radius 1 is 0.964 bits per heavy atom. The number of carbonyl (C=O) groups excluding carboxylic acids is 2. The number of carbonyl (C=O) groups is 2. The summed E-state index contributed by atoms with van der Waals surface area (Å²) in [6.07, 6.45) is 0.662. The summed E-state index contributed by atoms with van der Waals surface area (Å²) in [5.41, 5.74) is 1.57. The van der Waals surface area contributed by atoms with E-state index in [2.05, 4.69) is 5.32 Å². The van der Waals surface area contributed by atoms with Crippen LogP contribution in [0.15, 0.2) is 42.5 Å². The van der Waals surface area contributed by atoms with Crippen LogP contribution in [0.25, 0.3) is 0 Å². The number of anilines is 1. The molecule has 2 amide bonds. The van der Waals surface area contributed by atoms with E-state index < -0.39 is 0 Å². The molecule has 28 heavy (non-hydrogen) atoms. The third-order valence-electron chi connectivity index (χ3n) is 4.23. The Morgan fingerprint density at radius 2 is 1.68 bits per heavy atom. The highest BCUT2D eigenvalue weighted by Gasteiger charge is 2.20. The number of nitrogens with one attached hydrogen (secondary N) is 1. The zero-order valence-electron chi connectivity index (χ0n) is 16.7. The Bertz CT molecular complexity index is 822. The minimum Gasteiger partial charge on any atom is -0.497 e. The second kappa shape index (κ2) is 10.2. The van der Waals surface area contributed by atoms with Crippen LogP contribution in [0.5, 0.6) is 17.2 Å². The van der Waals surface area contributed by atoms with Crippen molar-refractivity contribution < 1.29 is 23.8 Å². The molecular formula is C21H26N2O5. The highest BCUT2D eigenvalue weighted by atomic mass is 16.5. The number of methoxy groups -OCH3 is 3. The van der Waals surface area contributed by atoms with Crippen molar-refractivity contribution in [3.63, 3.8) is 0 Å². The quantitative estimate of drug-likeness (QED) is 0.716. The minimum absolute atomic E-state index is 0.101. The van der Waals surface area contributed by atoms with Gasteiger partial charge in [-0.2, -0.15) is 0 Å². The number of rotatable bonds is 9. The molecule has 0 aromatic heterocycles. The standard InChI is InChI=1S/C21H26N2O5/c1-15(24)23(19-9-8-18(27-3)13-20(19)28-4)14-21(25)22-11-10-16-6-5-7-17(12-16)26-2/h5-9,12-13H,10-11,14H2,1-4H3,(H,22,25). The van der Waals surface area contributed by atoms with E-state index in [1.165, 1.54) is 18.9 Å². The molecular weight excluding hydrogens is 360 g/mol. The predicted molar refractivity (Wildman–Crippen MR) is 107 cm³/mol. The van der Waals surface area contributed by atoms with Crippen molar-refractivity contribution in [2.24, 2.45) is 0 Å². The molecule has 0 unspecified atom stereocenters. The van der Waals surface area contributed by atoms with E-state index in [-0.39, 0.29) is 18.4 Å². The van der Waals surface area contributed by atoms with Crippen LogP contribution < -0.4 is 24.4 Å². The van der Waals surface area contributed by atoms with E-state index in [1.54, 1.807) is 32.4 Å². The van der Waals surface area contributed by atoms with Gasteiger partial charge in [-0.1, -0.05) is 12.1 Å². The molecule has 0 bridgehead atoms. The number of ether oxygens (including phenoxy) is 3. The Balaban J connectivity index is 2.00. The Labute approximate surface area is 165 Å². The molecule has 0 atom stereocenters. The van der Waals surface area contributed by atoms with Crippen molar-refractivity contribution in [3.05, 3.63) is 48.0 Å². The summed E-state index contributed by atoms with van der Waals surface area (Å²) in [7, 11) is 4.67. The highest BCUT2D eigenvalue weighted by molar-refractivity contribution is 5.98. The Morgan fingerprint density at radius 3 is 2.32 bits per heavy atom. The average Bonchev–Trinajstić information content (AvgIpc) is 2.71. The van der Waals surface area contributed by atoms with Gasteiger partial charge in [0.1, 0.15) is 23.8 Å². The van der Waals surface area contributed by atoms with E-state index >= 15 is 0 Å². The molecule has 0 spiro atoms. The van der Waals surface area contributed by atoms with Gasteiger partial charge < -0.3 is 19.5 Å². The average molecular weight is 386 g/mol. The summed E-state index contributed by atoms with van der Waals surface area (Å²) in [6.45, 7) is 1.76. The van der Waals surface area contributed by atoms with Gasteiger partial charge in [0.05, 0.1) is 27.0 Å². The molecule has 0 heterocycles. The lowest BCUT2D eigenvalue weighted by Crippen LogP contribution is -2.40. The summed E-state index contributed by atoms with van der Waals surface area (Å²) in [6, 6.07) is 12.8. The normalized spacial score (nSPS) is 10.1. The number of amides is 2. The lowest BCUT2D eigenvalue weighted by atomic mass is 10.1. The first-order valence-corrected chi connectivity index (χ1v) is 8.88. The first kappa shape index (κ1) is 21.1. The summed E-state index contributed by atoms with van der Waals surface area (Å²) < 4.78 is 15.7. The van der Waals surface area contributed by atoms with Crippen LogP contribution in [-0.4, -0.2) is 46.2 Å². The topological polar surface area (TPSA) is 77.1 Å². The Kier molecular flexibility index (Phi) is 7.68. The monoisotopic (exact) mass is 386 g/mol. The maximum Gasteiger partial charge on any atom is 0.240 e. The third kappa shape index (κ3) is 5.64. The molecule has 0 saturated carbocycles. The van der Waals surface area contributed by atoms with Crippen LogP contribution in [0.3, 0.4) is 0 Å². The SMILES string of the molecule is COc1cccc(CCNC(=O)CN(C(C)=O)c2ccc(OC)cc2OC)c1. The van der Waals surface area contributed by atoms with Crippen molar-refractivity contribution in [2.75, 3.05) is 39.3 Å². The third-order valence-corrected chi connectivity index (χ3v) is 4.23. The van der Waals surface area contributed by atoms with E-state index in [0.717, 1.165) is 11.3 Å². The molecule has 0 aliphatic rings. The zero-order valence-corrected chi connectivity index (χ0v) is 16.7. The number of benzene rings is 2.